The van der Waals surface area contributed by atoms with Crippen molar-refractivity contribution in [3.05, 3.63) is 65.0 Å². The maximum absolute atomic E-state index is 12.1. The number of aryl methyl sites for hydroxylation is 1. The van der Waals surface area contributed by atoms with Crippen LogP contribution in [0.2, 0.25) is 0 Å². The fraction of sp³-hybridized carbons (Fsp3) is 0.429. The lowest BCUT2D eigenvalue weighted by molar-refractivity contribution is -0.136. The van der Waals surface area contributed by atoms with Crippen molar-refractivity contribution < 1.29 is 9.53 Å². The van der Waals surface area contributed by atoms with Crippen LogP contribution in [-0.4, -0.2) is 42.6 Å². The third-order valence-electron chi connectivity index (χ3n) is 4.76. The first-order valence-corrected chi connectivity index (χ1v) is 8.94. The number of piperidine rings is 1. The molecule has 0 radical (unpaired) electrons. The molecule has 1 aliphatic rings. The molecule has 0 saturated carbocycles. The van der Waals surface area contributed by atoms with Crippen LogP contribution in [0, 0.1) is 6.92 Å². The number of nitrogens with zero attached hydrogens (tertiary/aromatic N) is 2. The Kier molecular flexibility index (Phi) is 5.82. The number of ether oxygens (including phenoxy) is 1. The lowest BCUT2D eigenvalue weighted by atomic mass is 9.93. The predicted octanol–water partition coefficient (Wildman–Crippen LogP) is 3.33. The average Bonchev–Trinajstić information content (AvgIpc) is 2.62. The van der Waals surface area contributed by atoms with E-state index in [0.717, 1.165) is 43.7 Å². The van der Waals surface area contributed by atoms with Crippen LogP contribution in [0.5, 0.6) is 0 Å². The van der Waals surface area contributed by atoms with Crippen LogP contribution >= 0.6 is 0 Å². The van der Waals surface area contributed by atoms with Crippen molar-refractivity contribution in [1.82, 2.24) is 9.88 Å². The lowest BCUT2D eigenvalue weighted by Crippen LogP contribution is -2.41. The van der Waals surface area contributed by atoms with E-state index in [0.29, 0.717) is 5.92 Å². The number of hydrogen-bond acceptors (Lipinski definition) is 3. The molecular formula is C21H26N2O2. The molecule has 2 aromatic rings. The first kappa shape index (κ1) is 17.6. The predicted molar refractivity (Wildman–Crippen MR) is 98.7 cm³/mol. The Hall–Kier alpha value is -2.20. The van der Waals surface area contributed by atoms with Gasteiger partial charge < -0.3 is 9.64 Å². The van der Waals surface area contributed by atoms with Crippen LogP contribution in [0.25, 0.3) is 0 Å². The molecule has 1 amide bonds. The molecule has 1 saturated heterocycles. The molecular weight excluding hydrogens is 312 g/mol. The van der Waals surface area contributed by atoms with Crippen molar-refractivity contribution >= 4 is 5.91 Å². The summed E-state index contributed by atoms with van der Waals surface area (Å²) in [5, 5.41) is 0. The zero-order valence-electron chi connectivity index (χ0n) is 15.1. The number of carbonyl (C=O) groups excluding carboxylic acids is 1. The van der Waals surface area contributed by atoms with E-state index >= 15 is 0 Å². The first-order valence-electron chi connectivity index (χ1n) is 8.94. The number of rotatable bonds is 5. The SMILES string of the molecule is COCC(=O)N1CCC[C@@H](c2cccc(Cc3cccc(C)c3)n2)C1. The fourth-order valence-corrected chi connectivity index (χ4v) is 3.52. The summed E-state index contributed by atoms with van der Waals surface area (Å²) in [6.07, 6.45) is 2.94. The van der Waals surface area contributed by atoms with Crippen molar-refractivity contribution in [2.24, 2.45) is 0 Å². The summed E-state index contributed by atoms with van der Waals surface area (Å²) >= 11 is 0. The Morgan fingerprint density at radius 1 is 1.28 bits per heavy atom. The number of hydrogen-bond donors (Lipinski definition) is 0. The second-order valence-electron chi connectivity index (χ2n) is 6.83. The Labute approximate surface area is 149 Å². The van der Waals surface area contributed by atoms with E-state index in [1.807, 2.05) is 4.90 Å². The maximum atomic E-state index is 12.1. The Morgan fingerprint density at radius 3 is 2.92 bits per heavy atom. The molecule has 2 heterocycles. The van der Waals surface area contributed by atoms with E-state index in [2.05, 4.69) is 49.4 Å². The topological polar surface area (TPSA) is 42.4 Å². The number of amides is 1. The summed E-state index contributed by atoms with van der Waals surface area (Å²) in [6, 6.07) is 14.8. The van der Waals surface area contributed by atoms with Crippen molar-refractivity contribution in [1.29, 1.82) is 0 Å². The van der Waals surface area contributed by atoms with Gasteiger partial charge in [0, 0.05) is 43.9 Å². The molecule has 0 bridgehead atoms. The van der Waals surface area contributed by atoms with Crippen LogP contribution in [0.3, 0.4) is 0 Å². The van der Waals surface area contributed by atoms with Crippen LogP contribution in [0.4, 0.5) is 0 Å². The van der Waals surface area contributed by atoms with E-state index < -0.39 is 0 Å². The van der Waals surface area contributed by atoms with Gasteiger partial charge in [0.05, 0.1) is 0 Å². The quantitative estimate of drug-likeness (QED) is 0.840. The smallest absolute Gasteiger partial charge is 0.248 e. The van der Waals surface area contributed by atoms with Gasteiger partial charge in [-0.1, -0.05) is 35.9 Å². The van der Waals surface area contributed by atoms with Gasteiger partial charge in [-0.15, -0.1) is 0 Å². The highest BCUT2D eigenvalue weighted by atomic mass is 16.5. The molecule has 1 aliphatic heterocycles. The van der Waals surface area contributed by atoms with E-state index in [-0.39, 0.29) is 12.5 Å². The van der Waals surface area contributed by atoms with Gasteiger partial charge in [-0.2, -0.15) is 0 Å². The normalized spacial score (nSPS) is 17.5. The van der Waals surface area contributed by atoms with Crippen LogP contribution in [0.15, 0.2) is 42.5 Å². The molecule has 0 unspecified atom stereocenters. The molecule has 132 valence electrons. The average molecular weight is 338 g/mol. The van der Waals surface area contributed by atoms with E-state index in [1.54, 1.807) is 7.11 Å². The molecule has 0 spiro atoms. The van der Waals surface area contributed by atoms with Gasteiger partial charge in [0.2, 0.25) is 5.91 Å². The van der Waals surface area contributed by atoms with Gasteiger partial charge in [0.15, 0.2) is 0 Å². The summed E-state index contributed by atoms with van der Waals surface area (Å²) in [4.78, 5) is 18.9. The number of aromatic nitrogens is 1. The van der Waals surface area contributed by atoms with Crippen LogP contribution in [-0.2, 0) is 16.0 Å². The standard InChI is InChI=1S/C21H26N2O2/c1-16-6-3-7-17(12-16)13-19-9-4-10-20(22-19)18-8-5-11-23(14-18)21(24)15-25-2/h3-4,6-7,9-10,12,18H,5,8,11,13-15H2,1-2H3/t18-/m1/s1. The third kappa shape index (κ3) is 4.67. The van der Waals surface area contributed by atoms with Gasteiger partial charge in [-0.3, -0.25) is 9.78 Å². The zero-order chi connectivity index (χ0) is 17.6. The Balaban J connectivity index is 1.71. The summed E-state index contributed by atoms with van der Waals surface area (Å²) in [5.74, 6) is 0.384. The number of carbonyl (C=O) groups is 1. The first-order chi connectivity index (χ1) is 12.2. The minimum atomic E-state index is 0.0723. The molecule has 0 N–H and O–H groups in total. The molecule has 25 heavy (non-hydrogen) atoms. The molecule has 0 aliphatic carbocycles. The van der Waals surface area contributed by atoms with Gasteiger partial charge in [-0.25, -0.2) is 0 Å². The number of benzene rings is 1. The minimum absolute atomic E-state index is 0.0723. The summed E-state index contributed by atoms with van der Waals surface area (Å²) in [7, 11) is 1.57. The molecule has 1 aromatic heterocycles. The zero-order valence-corrected chi connectivity index (χ0v) is 15.1. The molecule has 1 fully saturated rings. The number of likely N-dealkylation sites (tertiary alicyclic amines) is 1. The second-order valence-corrected chi connectivity index (χ2v) is 6.83. The van der Waals surface area contributed by atoms with Crippen LogP contribution < -0.4 is 0 Å². The van der Waals surface area contributed by atoms with Crippen molar-refractivity contribution in [3.63, 3.8) is 0 Å². The van der Waals surface area contributed by atoms with E-state index in [1.165, 1.54) is 11.1 Å². The summed E-state index contributed by atoms with van der Waals surface area (Å²) in [6.45, 7) is 3.83. The highest BCUT2D eigenvalue weighted by Crippen LogP contribution is 2.26. The van der Waals surface area contributed by atoms with Gasteiger partial charge in [-0.05, 0) is 37.5 Å². The van der Waals surface area contributed by atoms with Crippen molar-refractivity contribution in [2.45, 2.75) is 32.1 Å². The van der Waals surface area contributed by atoms with Crippen LogP contribution in [0.1, 0.15) is 41.3 Å². The van der Waals surface area contributed by atoms with Gasteiger partial charge in [0.25, 0.3) is 0 Å². The number of methoxy groups -OCH3 is 1. The minimum Gasteiger partial charge on any atom is -0.375 e. The van der Waals surface area contributed by atoms with Crippen molar-refractivity contribution in [3.8, 4) is 0 Å². The second kappa shape index (κ2) is 8.26. The molecule has 1 atom stereocenters. The molecule has 4 heteroatoms. The maximum Gasteiger partial charge on any atom is 0.248 e. The fourth-order valence-electron chi connectivity index (χ4n) is 3.52. The molecule has 1 aromatic carbocycles. The van der Waals surface area contributed by atoms with Gasteiger partial charge in [0.1, 0.15) is 6.61 Å². The molecule has 4 nitrogen and oxygen atoms in total. The molecule has 3 rings (SSSR count). The number of pyridine rings is 1. The summed E-state index contributed by atoms with van der Waals surface area (Å²) < 4.78 is 4.99. The van der Waals surface area contributed by atoms with E-state index in [9.17, 15) is 4.79 Å². The monoisotopic (exact) mass is 338 g/mol. The van der Waals surface area contributed by atoms with Gasteiger partial charge >= 0.3 is 0 Å². The van der Waals surface area contributed by atoms with Crippen molar-refractivity contribution in [2.75, 3.05) is 26.8 Å². The summed E-state index contributed by atoms with van der Waals surface area (Å²) in [5.41, 5.74) is 4.74. The highest BCUT2D eigenvalue weighted by Gasteiger charge is 2.25. The highest BCUT2D eigenvalue weighted by molar-refractivity contribution is 5.77. The third-order valence-corrected chi connectivity index (χ3v) is 4.76. The Bertz CT molecular complexity index is 729. The largest absolute Gasteiger partial charge is 0.375 e. The Morgan fingerprint density at radius 2 is 2.12 bits per heavy atom. The lowest BCUT2D eigenvalue weighted by Gasteiger charge is -2.32. The van der Waals surface area contributed by atoms with E-state index in [4.69, 9.17) is 9.72 Å².